The van der Waals surface area contributed by atoms with Crippen molar-refractivity contribution in [2.24, 2.45) is 5.92 Å². The predicted molar refractivity (Wildman–Crippen MR) is 84.6 cm³/mol. The highest BCUT2D eigenvalue weighted by molar-refractivity contribution is 6.83. The van der Waals surface area contributed by atoms with Gasteiger partial charge in [-0.25, -0.2) is 0 Å². The van der Waals surface area contributed by atoms with Crippen LogP contribution < -0.4 is 0 Å². The number of hydrogen-bond donors (Lipinski definition) is 0. The Bertz CT molecular complexity index is 495. The van der Waals surface area contributed by atoms with Gasteiger partial charge in [0.1, 0.15) is 24.6 Å². The third-order valence-corrected chi connectivity index (χ3v) is 5.50. The van der Waals surface area contributed by atoms with Crippen LogP contribution in [0, 0.1) is 5.92 Å². The molecule has 21 heavy (non-hydrogen) atoms. The molecule has 1 heterocycles. The molecule has 5 heteroatoms. The first-order chi connectivity index (χ1) is 9.66. The fraction of sp³-hybridized carbons (Fsp3) is 0.562. The Hall–Kier alpha value is -1.42. The number of Topliss-reactive ketones (excluding diaryl/α,β-unsaturated/α-hetero) is 1. The maximum Gasteiger partial charge on any atom is 0.302 e. The largest absolute Gasteiger partial charge is 0.463 e. The zero-order valence-corrected chi connectivity index (χ0v) is 14.4. The number of carbonyl (C=O) groups is 2. The maximum absolute atomic E-state index is 11.7. The van der Waals surface area contributed by atoms with Crippen molar-refractivity contribution in [1.29, 1.82) is 0 Å². The summed E-state index contributed by atoms with van der Waals surface area (Å²) in [7, 11) is -1.62. The van der Waals surface area contributed by atoms with E-state index in [-0.39, 0.29) is 30.4 Å². The van der Waals surface area contributed by atoms with E-state index in [0.29, 0.717) is 0 Å². The SMILES string of the molecule is C=C=C([C@@H]1C=C[C@H](C(C)=O)[C@@H](COC(C)=O)O1)[Si](C)(C)C. The fourth-order valence-electron chi connectivity index (χ4n) is 2.36. The molecule has 0 radical (unpaired) electrons. The molecule has 1 aliphatic rings. The van der Waals surface area contributed by atoms with Gasteiger partial charge in [-0.2, -0.15) is 0 Å². The van der Waals surface area contributed by atoms with Crippen molar-refractivity contribution in [2.45, 2.75) is 45.7 Å². The molecule has 3 atom stereocenters. The van der Waals surface area contributed by atoms with E-state index in [2.05, 4.69) is 32.0 Å². The number of ether oxygens (including phenoxy) is 2. The first-order valence-electron chi connectivity index (χ1n) is 7.04. The lowest BCUT2D eigenvalue weighted by Gasteiger charge is -2.34. The van der Waals surface area contributed by atoms with Crippen molar-refractivity contribution < 1.29 is 19.1 Å². The Kier molecular flexibility index (Phi) is 5.90. The highest BCUT2D eigenvalue weighted by atomic mass is 28.3. The lowest BCUT2D eigenvalue weighted by Crippen LogP contribution is -2.42. The Morgan fingerprint density at radius 2 is 1.90 bits per heavy atom. The number of esters is 1. The maximum atomic E-state index is 11.7. The number of ketones is 1. The molecule has 0 spiro atoms. The van der Waals surface area contributed by atoms with Crippen LogP contribution in [0.5, 0.6) is 0 Å². The monoisotopic (exact) mass is 308 g/mol. The normalized spacial score (nSPS) is 25.1. The highest BCUT2D eigenvalue weighted by Gasteiger charge is 2.35. The number of rotatable bonds is 5. The van der Waals surface area contributed by atoms with Crippen molar-refractivity contribution in [1.82, 2.24) is 0 Å². The van der Waals surface area contributed by atoms with Gasteiger partial charge < -0.3 is 9.47 Å². The van der Waals surface area contributed by atoms with Crippen LogP contribution in [0.2, 0.25) is 19.6 Å². The summed E-state index contributed by atoms with van der Waals surface area (Å²) in [6.45, 7) is 13.3. The Labute approximate surface area is 127 Å². The summed E-state index contributed by atoms with van der Waals surface area (Å²) in [5, 5.41) is 1.05. The average Bonchev–Trinajstić information content (AvgIpc) is 2.35. The van der Waals surface area contributed by atoms with E-state index in [1.165, 1.54) is 13.8 Å². The number of carbonyl (C=O) groups excluding carboxylic acids is 2. The van der Waals surface area contributed by atoms with Gasteiger partial charge in [-0.05, 0) is 12.1 Å². The second-order valence-corrected chi connectivity index (χ2v) is 11.3. The molecule has 0 unspecified atom stereocenters. The van der Waals surface area contributed by atoms with Crippen molar-refractivity contribution in [3.63, 3.8) is 0 Å². The van der Waals surface area contributed by atoms with E-state index in [4.69, 9.17) is 9.47 Å². The first kappa shape index (κ1) is 17.6. The van der Waals surface area contributed by atoms with Gasteiger partial charge in [0.05, 0.1) is 14.0 Å². The van der Waals surface area contributed by atoms with Crippen LogP contribution in [0.4, 0.5) is 0 Å². The molecule has 0 saturated carbocycles. The van der Waals surface area contributed by atoms with E-state index < -0.39 is 14.2 Å². The summed E-state index contributed by atoms with van der Waals surface area (Å²) in [6, 6.07) is 0. The zero-order chi connectivity index (χ0) is 16.2. The van der Waals surface area contributed by atoms with Crippen molar-refractivity contribution in [3.05, 3.63) is 29.7 Å². The van der Waals surface area contributed by atoms with E-state index in [1.807, 2.05) is 12.2 Å². The minimum absolute atomic E-state index is 0.000937. The Morgan fingerprint density at radius 3 is 2.33 bits per heavy atom. The summed E-state index contributed by atoms with van der Waals surface area (Å²) in [5.74, 6) is -0.760. The molecule has 0 saturated heterocycles. The minimum atomic E-state index is -1.62. The van der Waals surface area contributed by atoms with Gasteiger partial charge in [0.2, 0.25) is 0 Å². The lowest BCUT2D eigenvalue weighted by atomic mass is 9.94. The molecule has 0 aromatic rings. The standard InChI is InChI=1S/C16H24O4Si/c1-7-16(21(4,5)6)14-9-8-13(11(2)17)15(20-14)10-19-12(3)18/h8-9,13-15H,1,10H2,2-6H3/t13-,14+,15-/m1/s1. The van der Waals surface area contributed by atoms with Gasteiger partial charge in [0, 0.05) is 6.92 Å². The second-order valence-electron chi connectivity index (χ2n) is 6.26. The Balaban J connectivity index is 2.98. The molecule has 0 fully saturated rings. The van der Waals surface area contributed by atoms with E-state index in [1.54, 1.807) is 0 Å². The van der Waals surface area contributed by atoms with Crippen LogP contribution in [-0.4, -0.2) is 38.6 Å². The van der Waals surface area contributed by atoms with Gasteiger partial charge in [0.15, 0.2) is 0 Å². The highest BCUT2D eigenvalue weighted by Crippen LogP contribution is 2.28. The third-order valence-electron chi connectivity index (χ3n) is 3.42. The minimum Gasteiger partial charge on any atom is -0.463 e. The molecule has 0 aliphatic carbocycles. The fourth-order valence-corrected chi connectivity index (χ4v) is 3.91. The second kappa shape index (κ2) is 7.03. The molecular formula is C16H24O4Si. The zero-order valence-electron chi connectivity index (χ0n) is 13.4. The van der Waals surface area contributed by atoms with Gasteiger partial charge in [-0.3, -0.25) is 9.59 Å². The van der Waals surface area contributed by atoms with Gasteiger partial charge in [0.25, 0.3) is 0 Å². The number of hydrogen-bond acceptors (Lipinski definition) is 4. The first-order valence-corrected chi connectivity index (χ1v) is 10.5. The molecule has 0 bridgehead atoms. The third kappa shape index (κ3) is 4.81. The van der Waals surface area contributed by atoms with Gasteiger partial charge >= 0.3 is 5.97 Å². The van der Waals surface area contributed by atoms with Crippen LogP contribution in [0.1, 0.15) is 13.8 Å². The molecule has 0 aromatic heterocycles. The molecule has 1 rings (SSSR count). The summed E-state index contributed by atoms with van der Waals surface area (Å²) >= 11 is 0. The molecule has 4 nitrogen and oxygen atoms in total. The lowest BCUT2D eigenvalue weighted by molar-refractivity contribution is -0.149. The van der Waals surface area contributed by atoms with E-state index >= 15 is 0 Å². The van der Waals surface area contributed by atoms with Crippen molar-refractivity contribution >= 4 is 19.8 Å². The van der Waals surface area contributed by atoms with Crippen LogP contribution in [-0.2, 0) is 19.1 Å². The van der Waals surface area contributed by atoms with Crippen LogP contribution in [0.25, 0.3) is 0 Å². The van der Waals surface area contributed by atoms with Crippen molar-refractivity contribution in [2.75, 3.05) is 6.61 Å². The van der Waals surface area contributed by atoms with Gasteiger partial charge in [-0.15, -0.1) is 5.73 Å². The van der Waals surface area contributed by atoms with Gasteiger partial charge in [-0.1, -0.05) is 38.4 Å². The molecule has 0 N–H and O–H groups in total. The van der Waals surface area contributed by atoms with E-state index in [9.17, 15) is 9.59 Å². The topological polar surface area (TPSA) is 52.6 Å². The smallest absolute Gasteiger partial charge is 0.302 e. The summed E-state index contributed by atoms with van der Waals surface area (Å²) in [5.41, 5.74) is 3.00. The quantitative estimate of drug-likeness (QED) is 0.339. The molecule has 0 aromatic carbocycles. The molecule has 1 aliphatic heterocycles. The van der Waals surface area contributed by atoms with Crippen molar-refractivity contribution in [3.8, 4) is 0 Å². The predicted octanol–water partition coefficient (Wildman–Crippen LogP) is 2.67. The average molecular weight is 308 g/mol. The Morgan fingerprint density at radius 1 is 1.29 bits per heavy atom. The summed E-state index contributed by atoms with van der Waals surface area (Å²) < 4.78 is 11.0. The van der Waals surface area contributed by atoms with E-state index in [0.717, 1.165) is 5.20 Å². The molecule has 0 amide bonds. The van der Waals surface area contributed by atoms with Crippen LogP contribution in [0.3, 0.4) is 0 Å². The summed E-state index contributed by atoms with van der Waals surface area (Å²) in [6.07, 6.45) is 3.04. The van der Waals surface area contributed by atoms with Crippen LogP contribution >= 0.6 is 0 Å². The molecule has 116 valence electrons. The molecular weight excluding hydrogens is 284 g/mol. The summed E-state index contributed by atoms with van der Waals surface area (Å²) in [4.78, 5) is 22.7. The van der Waals surface area contributed by atoms with Crippen LogP contribution in [0.15, 0.2) is 29.7 Å².